The van der Waals surface area contributed by atoms with Crippen molar-refractivity contribution in [2.45, 2.75) is 25.6 Å². The van der Waals surface area contributed by atoms with E-state index in [-0.39, 0.29) is 17.1 Å². The molecule has 1 aliphatic rings. The number of hydrogen-bond acceptors (Lipinski definition) is 6. The van der Waals surface area contributed by atoms with Crippen molar-refractivity contribution in [1.29, 1.82) is 0 Å². The summed E-state index contributed by atoms with van der Waals surface area (Å²) in [7, 11) is 0. The molecule has 0 atom stereocenters. The van der Waals surface area contributed by atoms with Crippen LogP contribution in [0.15, 0.2) is 37.1 Å². The summed E-state index contributed by atoms with van der Waals surface area (Å²) >= 11 is 0. The van der Waals surface area contributed by atoms with E-state index in [0.29, 0.717) is 11.6 Å². The zero-order valence-electron chi connectivity index (χ0n) is 16.8. The van der Waals surface area contributed by atoms with Crippen LogP contribution in [0, 0.1) is 11.9 Å². The summed E-state index contributed by atoms with van der Waals surface area (Å²) in [6, 6.07) is 1.91. The van der Waals surface area contributed by atoms with Crippen LogP contribution < -0.4 is 11.1 Å². The summed E-state index contributed by atoms with van der Waals surface area (Å²) in [5, 5.41) is 10.5. The van der Waals surface area contributed by atoms with Crippen LogP contribution >= 0.6 is 0 Å². The zero-order chi connectivity index (χ0) is 23.3. The van der Waals surface area contributed by atoms with Gasteiger partial charge in [0.2, 0.25) is 5.95 Å². The molecule has 0 saturated heterocycles. The number of anilines is 2. The van der Waals surface area contributed by atoms with E-state index < -0.39 is 34.7 Å². The fraction of sp³-hybridized carbons (Fsp3) is 0.250. The Bertz CT molecular complexity index is 1370. The minimum absolute atomic E-state index is 0.0366. The van der Waals surface area contributed by atoms with Crippen molar-refractivity contribution in [3.63, 3.8) is 0 Å². The second-order valence-corrected chi connectivity index (χ2v) is 7.76. The topological polar surface area (TPSA) is 116 Å². The number of nitrogen functional groups attached to an aromatic ring is 1. The third-order valence-electron chi connectivity index (χ3n) is 5.30. The fourth-order valence-corrected chi connectivity index (χ4v) is 3.53. The van der Waals surface area contributed by atoms with Crippen molar-refractivity contribution in [2.24, 2.45) is 5.92 Å². The largest absolute Gasteiger partial charge is 0.418 e. The molecule has 9 nitrogen and oxygen atoms in total. The van der Waals surface area contributed by atoms with Crippen molar-refractivity contribution in [2.75, 3.05) is 11.1 Å². The number of halogens is 4. The average Bonchev–Trinajstić information content (AvgIpc) is 3.30. The lowest BCUT2D eigenvalue weighted by molar-refractivity contribution is -0.136. The number of fused-ring (bicyclic) bond motifs is 1. The minimum atomic E-state index is -4.74. The number of aromatic nitrogens is 6. The Kier molecular flexibility index (Phi) is 4.76. The van der Waals surface area contributed by atoms with E-state index in [1.807, 2.05) is 0 Å². The molecule has 0 spiro atoms. The molecule has 0 unspecified atom stereocenters. The number of carbonyl (C=O) groups excluding carboxylic acids is 1. The van der Waals surface area contributed by atoms with E-state index >= 15 is 0 Å². The van der Waals surface area contributed by atoms with Crippen LogP contribution in [0.4, 0.5) is 29.1 Å². The smallest absolute Gasteiger partial charge is 0.382 e. The quantitative estimate of drug-likeness (QED) is 0.348. The van der Waals surface area contributed by atoms with Gasteiger partial charge in [0.25, 0.3) is 5.91 Å². The second kappa shape index (κ2) is 7.53. The number of amides is 1. The Labute approximate surface area is 183 Å². The molecule has 1 saturated carbocycles. The molecule has 4 heterocycles. The van der Waals surface area contributed by atoms with Gasteiger partial charge in [-0.3, -0.25) is 9.48 Å². The van der Waals surface area contributed by atoms with Gasteiger partial charge in [0.15, 0.2) is 5.82 Å². The summed E-state index contributed by atoms with van der Waals surface area (Å²) in [4.78, 5) is 19.9. The van der Waals surface area contributed by atoms with Gasteiger partial charge in [-0.05, 0) is 30.9 Å². The van der Waals surface area contributed by atoms with E-state index in [9.17, 15) is 22.4 Å². The first-order valence-electron chi connectivity index (χ1n) is 9.90. The maximum atomic E-state index is 14.4. The standard InChI is InChI=1S/C20H16F4N8O/c21-17-13(19(33)30-12-6-28-31(8-12)7-10-1-2-10)3-11(5-26-17)15-4-14(20(22,23)24)16-18(25)27-9-29-32(15)16/h3-6,8-10H,1-2,7H2,(H,30,33)(H2,25,27,29). The van der Waals surface area contributed by atoms with Crippen LogP contribution in [0.25, 0.3) is 16.8 Å². The Hall–Kier alpha value is -4.03. The second-order valence-electron chi connectivity index (χ2n) is 7.76. The molecule has 33 heavy (non-hydrogen) atoms. The lowest BCUT2D eigenvalue weighted by Crippen LogP contribution is -2.14. The molecule has 1 amide bonds. The van der Waals surface area contributed by atoms with Gasteiger partial charge in [0.1, 0.15) is 11.8 Å². The van der Waals surface area contributed by atoms with Gasteiger partial charge in [-0.25, -0.2) is 14.5 Å². The lowest BCUT2D eigenvalue weighted by atomic mass is 10.1. The zero-order valence-corrected chi connectivity index (χ0v) is 16.8. The SMILES string of the molecule is Nc1ncnn2c(-c3cnc(F)c(C(=O)Nc4cnn(CC5CC5)c4)c3)cc(C(F)(F)F)c12. The summed E-state index contributed by atoms with van der Waals surface area (Å²) in [6.07, 6.45) is 2.59. The number of nitrogens with zero attached hydrogens (tertiary/aromatic N) is 6. The number of carbonyl (C=O) groups is 1. The predicted octanol–water partition coefficient (Wildman–Crippen LogP) is 3.39. The molecule has 4 aromatic heterocycles. The maximum Gasteiger partial charge on any atom is 0.418 e. The summed E-state index contributed by atoms with van der Waals surface area (Å²) in [6.45, 7) is 0.731. The van der Waals surface area contributed by atoms with Gasteiger partial charge in [-0.2, -0.15) is 27.8 Å². The first kappa shape index (κ1) is 20.8. The van der Waals surface area contributed by atoms with Crippen LogP contribution in [0.5, 0.6) is 0 Å². The van der Waals surface area contributed by atoms with Crippen molar-refractivity contribution in [1.82, 2.24) is 29.4 Å². The van der Waals surface area contributed by atoms with Crippen molar-refractivity contribution in [3.8, 4) is 11.3 Å². The number of hydrogen-bond donors (Lipinski definition) is 2. The van der Waals surface area contributed by atoms with Crippen LogP contribution in [0.1, 0.15) is 28.8 Å². The van der Waals surface area contributed by atoms with Gasteiger partial charge in [0, 0.05) is 24.5 Å². The Morgan fingerprint density at radius 1 is 1.18 bits per heavy atom. The molecule has 1 fully saturated rings. The van der Waals surface area contributed by atoms with Gasteiger partial charge < -0.3 is 11.1 Å². The normalized spacial score (nSPS) is 14.1. The van der Waals surface area contributed by atoms with Crippen molar-refractivity contribution < 1.29 is 22.4 Å². The lowest BCUT2D eigenvalue weighted by Gasteiger charge is -2.07. The van der Waals surface area contributed by atoms with E-state index in [1.165, 1.54) is 6.20 Å². The van der Waals surface area contributed by atoms with Crippen LogP contribution in [0.2, 0.25) is 0 Å². The molecule has 5 rings (SSSR count). The maximum absolute atomic E-state index is 14.4. The Balaban J connectivity index is 1.50. The van der Waals surface area contributed by atoms with Gasteiger partial charge in [-0.1, -0.05) is 0 Å². The van der Waals surface area contributed by atoms with Gasteiger partial charge in [-0.15, -0.1) is 0 Å². The summed E-state index contributed by atoms with van der Waals surface area (Å²) < 4.78 is 57.7. The molecule has 0 bridgehead atoms. The van der Waals surface area contributed by atoms with Crippen molar-refractivity contribution in [3.05, 3.63) is 54.1 Å². The molecule has 170 valence electrons. The number of alkyl halides is 3. The van der Waals surface area contributed by atoms with Gasteiger partial charge >= 0.3 is 6.18 Å². The van der Waals surface area contributed by atoms with E-state index in [0.717, 1.165) is 48.6 Å². The van der Waals surface area contributed by atoms with Crippen LogP contribution in [-0.4, -0.2) is 35.3 Å². The highest BCUT2D eigenvalue weighted by atomic mass is 19.4. The number of nitrogens with two attached hydrogens (primary N) is 1. The Morgan fingerprint density at radius 2 is 1.97 bits per heavy atom. The highest BCUT2D eigenvalue weighted by molar-refractivity contribution is 6.04. The number of pyridine rings is 1. The predicted molar refractivity (Wildman–Crippen MR) is 108 cm³/mol. The van der Waals surface area contributed by atoms with Gasteiger partial charge in [0.05, 0.1) is 28.7 Å². The number of rotatable bonds is 5. The first-order valence-corrected chi connectivity index (χ1v) is 9.90. The molecular formula is C20H16F4N8O. The van der Waals surface area contributed by atoms with Crippen molar-refractivity contribution >= 4 is 22.9 Å². The average molecular weight is 460 g/mol. The third-order valence-corrected chi connectivity index (χ3v) is 5.30. The molecule has 3 N–H and O–H groups in total. The fourth-order valence-electron chi connectivity index (χ4n) is 3.53. The minimum Gasteiger partial charge on any atom is -0.382 e. The molecule has 0 aromatic carbocycles. The van der Waals surface area contributed by atoms with E-state index in [1.54, 1.807) is 10.9 Å². The molecule has 0 radical (unpaired) electrons. The molecule has 4 aromatic rings. The first-order chi connectivity index (χ1) is 15.7. The van der Waals surface area contributed by atoms with E-state index in [2.05, 4.69) is 25.5 Å². The highest BCUT2D eigenvalue weighted by Gasteiger charge is 2.36. The molecule has 1 aliphatic carbocycles. The molecule has 13 heteroatoms. The van der Waals surface area contributed by atoms with Crippen LogP contribution in [0.3, 0.4) is 0 Å². The highest BCUT2D eigenvalue weighted by Crippen LogP contribution is 2.38. The molecular weight excluding hydrogens is 444 g/mol. The Morgan fingerprint density at radius 3 is 2.70 bits per heavy atom. The third kappa shape index (κ3) is 3.97. The summed E-state index contributed by atoms with van der Waals surface area (Å²) in [5.74, 6) is -1.70. The van der Waals surface area contributed by atoms with E-state index in [4.69, 9.17) is 5.73 Å². The monoisotopic (exact) mass is 460 g/mol. The molecule has 0 aliphatic heterocycles. The number of nitrogens with one attached hydrogen (secondary N) is 1. The van der Waals surface area contributed by atoms with Crippen LogP contribution in [-0.2, 0) is 12.7 Å². The summed E-state index contributed by atoms with van der Waals surface area (Å²) in [5.41, 5.74) is 4.01.